The molecule has 0 aromatic rings. The van der Waals surface area contributed by atoms with E-state index in [-0.39, 0.29) is 15.9 Å². The summed E-state index contributed by atoms with van der Waals surface area (Å²) < 4.78 is 5.78. The highest BCUT2D eigenvalue weighted by Gasteiger charge is 2.14. The molecule has 1 aliphatic rings. The van der Waals surface area contributed by atoms with Gasteiger partial charge in [-0.1, -0.05) is 44.3 Å². The van der Waals surface area contributed by atoms with Crippen molar-refractivity contribution < 1.29 is 4.43 Å². The number of hydrogen-bond donors (Lipinski definition) is 0. The predicted octanol–water partition coefficient (Wildman–Crippen LogP) is 2.58. The highest BCUT2D eigenvalue weighted by atomic mass is 28.2. The molecule has 0 unspecified atom stereocenters. The van der Waals surface area contributed by atoms with Crippen LogP contribution in [0.1, 0.15) is 32.1 Å². The zero-order chi connectivity index (χ0) is 9.52. The summed E-state index contributed by atoms with van der Waals surface area (Å²) in [5.41, 5.74) is 0.913. The highest BCUT2D eigenvalue weighted by molar-refractivity contribution is 6.29. The zero-order valence-corrected chi connectivity index (χ0v) is 9.79. The Morgan fingerprint density at radius 1 is 1.15 bits per heavy atom. The van der Waals surface area contributed by atoms with Crippen LogP contribution in [0.25, 0.3) is 0 Å². The van der Waals surface area contributed by atoms with Crippen molar-refractivity contribution in [2.75, 3.05) is 0 Å². The molecule has 1 saturated carbocycles. The molecule has 0 aromatic heterocycles. The van der Waals surface area contributed by atoms with Gasteiger partial charge in [0.1, 0.15) is 0 Å². The van der Waals surface area contributed by atoms with Crippen molar-refractivity contribution in [3.8, 4) is 0 Å². The van der Waals surface area contributed by atoms with E-state index in [9.17, 15) is 0 Å². The van der Waals surface area contributed by atoms with Crippen molar-refractivity contribution in [2.24, 2.45) is 0 Å². The van der Waals surface area contributed by atoms with Crippen LogP contribution < -0.4 is 0 Å². The van der Waals surface area contributed by atoms with Crippen molar-refractivity contribution in [1.82, 2.24) is 0 Å². The lowest BCUT2D eigenvalue weighted by Gasteiger charge is -2.22. The second-order valence-corrected chi connectivity index (χ2v) is 5.59. The van der Waals surface area contributed by atoms with Crippen LogP contribution in [0.3, 0.4) is 0 Å². The summed E-state index contributed by atoms with van der Waals surface area (Å²) in [5, 5.41) is 0. The van der Waals surface area contributed by atoms with Gasteiger partial charge in [0.15, 0.2) is 9.76 Å². The largest absolute Gasteiger partial charge is 0.414 e. The molecule has 0 N–H and O–H groups in total. The molecule has 0 bridgehead atoms. The monoisotopic (exact) mass is 196 g/mol. The smallest absolute Gasteiger partial charge is 0.165 e. The summed E-state index contributed by atoms with van der Waals surface area (Å²) >= 11 is 0. The van der Waals surface area contributed by atoms with Gasteiger partial charge in [-0.05, 0) is 5.54 Å². The summed E-state index contributed by atoms with van der Waals surface area (Å²) in [5.74, 6) is 0. The van der Waals surface area contributed by atoms with Gasteiger partial charge < -0.3 is 4.43 Å². The normalized spacial score (nSPS) is 19.8. The van der Waals surface area contributed by atoms with E-state index in [1.54, 1.807) is 0 Å². The van der Waals surface area contributed by atoms with E-state index in [0.717, 1.165) is 5.54 Å². The van der Waals surface area contributed by atoms with Crippen molar-refractivity contribution in [2.45, 2.75) is 43.7 Å². The first-order chi connectivity index (χ1) is 6.36. The molecule has 1 nitrogen and oxygen atoms in total. The van der Waals surface area contributed by atoms with Crippen LogP contribution in [0.15, 0.2) is 25.3 Å². The Kier molecular flexibility index (Phi) is 5.09. The molecule has 1 fully saturated rings. The fourth-order valence-electron chi connectivity index (χ4n) is 1.83. The average Bonchev–Trinajstić information content (AvgIpc) is 2.21. The lowest BCUT2D eigenvalue weighted by atomic mass is 10.0. The second kappa shape index (κ2) is 6.16. The fourth-order valence-corrected chi connectivity index (χ4v) is 3.51. The topological polar surface area (TPSA) is 9.23 Å². The fraction of sp³-hybridized carbons (Fsp3) is 0.636. The van der Waals surface area contributed by atoms with Gasteiger partial charge in [0.2, 0.25) is 0 Å². The minimum atomic E-state index is -0.346. The van der Waals surface area contributed by atoms with Crippen LogP contribution in [0.2, 0.25) is 5.54 Å². The molecular weight excluding hydrogens is 176 g/mol. The Labute approximate surface area is 83.8 Å². The van der Waals surface area contributed by atoms with Gasteiger partial charge in [0, 0.05) is 0 Å². The van der Waals surface area contributed by atoms with E-state index in [1.165, 1.54) is 32.1 Å². The van der Waals surface area contributed by atoms with Crippen LogP contribution in [-0.2, 0) is 4.43 Å². The third-order valence-electron chi connectivity index (χ3n) is 2.71. The van der Waals surface area contributed by atoms with Crippen LogP contribution in [-0.4, -0.2) is 15.9 Å². The summed E-state index contributed by atoms with van der Waals surface area (Å²) in [4.78, 5) is 0. The van der Waals surface area contributed by atoms with Gasteiger partial charge >= 0.3 is 0 Å². The predicted molar refractivity (Wildman–Crippen MR) is 60.6 cm³/mol. The minimum Gasteiger partial charge on any atom is -0.414 e. The van der Waals surface area contributed by atoms with E-state index in [2.05, 4.69) is 13.2 Å². The van der Waals surface area contributed by atoms with E-state index in [4.69, 9.17) is 4.43 Å². The molecule has 1 rings (SSSR count). The number of rotatable bonds is 5. The third kappa shape index (κ3) is 3.92. The Morgan fingerprint density at radius 2 is 1.77 bits per heavy atom. The van der Waals surface area contributed by atoms with Crippen LogP contribution >= 0.6 is 0 Å². The maximum Gasteiger partial charge on any atom is 0.165 e. The average molecular weight is 196 g/mol. The molecule has 0 saturated heterocycles. The minimum absolute atomic E-state index is 0.105. The van der Waals surface area contributed by atoms with Crippen LogP contribution in [0.4, 0.5) is 0 Å². The van der Waals surface area contributed by atoms with E-state index < -0.39 is 0 Å². The Bertz CT molecular complexity index is 153. The van der Waals surface area contributed by atoms with Crippen molar-refractivity contribution in [3.05, 3.63) is 25.3 Å². The van der Waals surface area contributed by atoms with Gasteiger partial charge in [-0.3, -0.25) is 0 Å². The first-order valence-electron chi connectivity index (χ1n) is 5.23. The van der Waals surface area contributed by atoms with E-state index in [1.807, 2.05) is 12.2 Å². The second-order valence-electron chi connectivity index (χ2n) is 3.77. The molecule has 13 heavy (non-hydrogen) atoms. The lowest BCUT2D eigenvalue weighted by molar-refractivity contribution is 0.299. The molecule has 0 amide bonds. The molecular formula is C11H20OSi. The standard InChI is InChI=1S/C11H20OSi/c1-3-10(4-2)12-13-11-8-6-5-7-9-11/h3-4,10-11H,1-2,5-9,13H2. The van der Waals surface area contributed by atoms with Crippen LogP contribution in [0, 0.1) is 0 Å². The molecule has 0 aliphatic heterocycles. The molecule has 0 aromatic carbocycles. The third-order valence-corrected chi connectivity index (χ3v) is 4.58. The molecule has 2 heteroatoms. The quantitative estimate of drug-likeness (QED) is 0.485. The highest BCUT2D eigenvalue weighted by Crippen LogP contribution is 2.27. The van der Waals surface area contributed by atoms with Crippen molar-refractivity contribution in [1.29, 1.82) is 0 Å². The van der Waals surface area contributed by atoms with Gasteiger partial charge in [-0.15, -0.1) is 13.2 Å². The van der Waals surface area contributed by atoms with Gasteiger partial charge in [-0.25, -0.2) is 0 Å². The van der Waals surface area contributed by atoms with Gasteiger partial charge in [-0.2, -0.15) is 0 Å². The first kappa shape index (κ1) is 10.7. The Hall–Kier alpha value is -0.343. The van der Waals surface area contributed by atoms with Crippen molar-refractivity contribution in [3.63, 3.8) is 0 Å². The molecule has 0 spiro atoms. The molecule has 74 valence electrons. The number of hydrogen-bond acceptors (Lipinski definition) is 1. The SMILES string of the molecule is C=CC(C=C)O[SiH2]C1CCCCC1. The summed E-state index contributed by atoms with van der Waals surface area (Å²) in [6.45, 7) is 7.44. The van der Waals surface area contributed by atoms with Gasteiger partial charge in [0.25, 0.3) is 0 Å². The van der Waals surface area contributed by atoms with Crippen molar-refractivity contribution >= 4 is 9.76 Å². The molecule has 0 radical (unpaired) electrons. The summed E-state index contributed by atoms with van der Waals surface area (Å²) in [7, 11) is -0.346. The zero-order valence-electron chi connectivity index (χ0n) is 8.37. The van der Waals surface area contributed by atoms with E-state index in [0.29, 0.717) is 0 Å². The molecule has 1 aliphatic carbocycles. The van der Waals surface area contributed by atoms with Gasteiger partial charge in [0.05, 0.1) is 6.10 Å². The Morgan fingerprint density at radius 3 is 2.31 bits per heavy atom. The Balaban J connectivity index is 2.16. The lowest BCUT2D eigenvalue weighted by Crippen LogP contribution is -2.16. The molecule has 0 atom stereocenters. The van der Waals surface area contributed by atoms with Crippen LogP contribution in [0.5, 0.6) is 0 Å². The molecule has 0 heterocycles. The maximum atomic E-state index is 5.78. The maximum absolute atomic E-state index is 5.78. The summed E-state index contributed by atoms with van der Waals surface area (Å²) in [6, 6.07) is 0. The van der Waals surface area contributed by atoms with E-state index >= 15 is 0 Å². The first-order valence-corrected chi connectivity index (χ1v) is 6.63. The summed E-state index contributed by atoms with van der Waals surface area (Å²) in [6.07, 6.45) is 10.8.